The Morgan fingerprint density at radius 3 is 2.44 bits per heavy atom. The van der Waals surface area contributed by atoms with Gasteiger partial charge in [0.2, 0.25) is 11.8 Å². The van der Waals surface area contributed by atoms with Crippen molar-refractivity contribution in [2.45, 2.75) is 25.3 Å². The molecular formula is C24H19FN4O4S. The zero-order valence-electron chi connectivity index (χ0n) is 18.3. The molecule has 0 bridgehead atoms. The SMILES string of the molecule is Cc1ccc(C)c(N2C(=O)N(Cc3nnc(-c4ccc(F)cc4)o3)c3ccccc3S2(=O)=O)c1. The lowest BCUT2D eigenvalue weighted by Crippen LogP contribution is -2.51. The van der Waals surface area contributed by atoms with Crippen molar-refractivity contribution in [1.29, 1.82) is 0 Å². The minimum atomic E-state index is -4.15. The number of anilines is 2. The van der Waals surface area contributed by atoms with E-state index in [0.717, 1.165) is 9.87 Å². The summed E-state index contributed by atoms with van der Waals surface area (Å²) in [6.07, 6.45) is 0. The van der Waals surface area contributed by atoms with Gasteiger partial charge in [-0.25, -0.2) is 17.6 Å². The lowest BCUT2D eigenvalue weighted by molar-refractivity contribution is 0.252. The van der Waals surface area contributed by atoms with Crippen LogP contribution >= 0.6 is 0 Å². The molecule has 2 heterocycles. The van der Waals surface area contributed by atoms with Gasteiger partial charge in [0.15, 0.2) is 0 Å². The molecule has 0 spiro atoms. The summed E-state index contributed by atoms with van der Waals surface area (Å²) in [4.78, 5) is 14.9. The van der Waals surface area contributed by atoms with Crippen molar-refractivity contribution in [3.8, 4) is 11.5 Å². The second-order valence-electron chi connectivity index (χ2n) is 7.90. The maximum atomic E-state index is 13.6. The number of carbonyl (C=O) groups excluding carboxylic acids is 1. The van der Waals surface area contributed by atoms with E-state index < -0.39 is 21.9 Å². The maximum Gasteiger partial charge on any atom is 0.343 e. The number of fused-ring (bicyclic) bond motifs is 1. The molecule has 0 N–H and O–H groups in total. The predicted octanol–water partition coefficient (Wildman–Crippen LogP) is 4.83. The molecule has 1 aliphatic rings. The number of aryl methyl sites for hydroxylation is 2. The summed E-state index contributed by atoms with van der Waals surface area (Å²) in [6, 6.07) is 16.4. The zero-order chi connectivity index (χ0) is 24.0. The fourth-order valence-corrected chi connectivity index (χ4v) is 5.45. The molecule has 3 aromatic carbocycles. The van der Waals surface area contributed by atoms with Gasteiger partial charge >= 0.3 is 6.03 Å². The average molecular weight is 479 g/mol. The number of amides is 2. The summed E-state index contributed by atoms with van der Waals surface area (Å²) in [6.45, 7) is 3.42. The van der Waals surface area contributed by atoms with Crippen molar-refractivity contribution >= 4 is 27.4 Å². The topological polar surface area (TPSA) is 96.6 Å². The standard InChI is InChI=1S/C24H19FN4O4S/c1-15-7-8-16(2)20(13-15)29-24(30)28(19-5-3-4-6-21(19)34(29,31)32)14-22-26-27-23(33-22)17-9-11-18(25)12-10-17/h3-13H,14H2,1-2H3. The quantitative estimate of drug-likeness (QED) is 0.417. The molecule has 0 saturated carbocycles. The van der Waals surface area contributed by atoms with Gasteiger partial charge in [0.25, 0.3) is 10.0 Å². The molecular weight excluding hydrogens is 459 g/mol. The molecule has 0 unspecified atom stereocenters. The molecule has 0 radical (unpaired) electrons. The Balaban J connectivity index is 1.58. The summed E-state index contributed by atoms with van der Waals surface area (Å²) >= 11 is 0. The molecule has 0 aliphatic carbocycles. The van der Waals surface area contributed by atoms with Gasteiger partial charge in [0.1, 0.15) is 17.3 Å². The third kappa shape index (κ3) is 3.61. The lowest BCUT2D eigenvalue weighted by atomic mass is 10.1. The minimum absolute atomic E-state index is 0.00576. The normalized spacial score (nSPS) is 14.9. The predicted molar refractivity (Wildman–Crippen MR) is 123 cm³/mol. The number of carbonyl (C=O) groups is 1. The van der Waals surface area contributed by atoms with E-state index in [9.17, 15) is 17.6 Å². The molecule has 2 amide bonds. The Kier molecular flexibility index (Phi) is 5.17. The van der Waals surface area contributed by atoms with Gasteiger partial charge in [0, 0.05) is 5.56 Å². The molecule has 5 rings (SSSR count). The summed E-state index contributed by atoms with van der Waals surface area (Å²) in [7, 11) is -4.15. The zero-order valence-corrected chi connectivity index (χ0v) is 19.1. The Morgan fingerprint density at radius 2 is 1.68 bits per heavy atom. The van der Waals surface area contributed by atoms with Crippen molar-refractivity contribution in [1.82, 2.24) is 10.2 Å². The van der Waals surface area contributed by atoms with Crippen molar-refractivity contribution in [3.63, 3.8) is 0 Å². The molecule has 172 valence electrons. The first-order valence-corrected chi connectivity index (χ1v) is 11.8. The van der Waals surface area contributed by atoms with Crippen LogP contribution < -0.4 is 9.21 Å². The maximum absolute atomic E-state index is 13.6. The first-order valence-electron chi connectivity index (χ1n) is 10.4. The van der Waals surface area contributed by atoms with Crippen molar-refractivity contribution in [3.05, 3.63) is 89.6 Å². The Hall–Kier alpha value is -4.05. The number of urea groups is 1. The molecule has 1 aromatic heterocycles. The first-order chi connectivity index (χ1) is 16.3. The molecule has 0 saturated heterocycles. The highest BCUT2D eigenvalue weighted by Gasteiger charge is 2.43. The Morgan fingerprint density at radius 1 is 0.941 bits per heavy atom. The van der Waals surface area contributed by atoms with Gasteiger partial charge in [-0.1, -0.05) is 24.3 Å². The van der Waals surface area contributed by atoms with Crippen molar-refractivity contribution in [2.75, 3.05) is 9.21 Å². The van der Waals surface area contributed by atoms with Gasteiger partial charge in [0.05, 0.1) is 11.4 Å². The third-order valence-electron chi connectivity index (χ3n) is 5.51. The minimum Gasteiger partial charge on any atom is -0.419 e. The highest BCUT2D eigenvalue weighted by atomic mass is 32.2. The summed E-state index contributed by atoms with van der Waals surface area (Å²) in [5, 5.41) is 8.00. The summed E-state index contributed by atoms with van der Waals surface area (Å²) in [5.41, 5.74) is 2.47. The van der Waals surface area contributed by atoms with Crippen LogP contribution in [-0.2, 0) is 16.6 Å². The summed E-state index contributed by atoms with van der Waals surface area (Å²) < 4.78 is 46.7. The van der Waals surface area contributed by atoms with Gasteiger partial charge in [-0.2, -0.15) is 4.31 Å². The largest absolute Gasteiger partial charge is 0.419 e. The molecule has 34 heavy (non-hydrogen) atoms. The van der Waals surface area contributed by atoms with E-state index in [1.54, 1.807) is 37.3 Å². The lowest BCUT2D eigenvalue weighted by Gasteiger charge is -2.36. The monoisotopic (exact) mass is 478 g/mol. The van der Waals surface area contributed by atoms with Gasteiger partial charge in [-0.05, 0) is 67.4 Å². The van der Waals surface area contributed by atoms with Crippen LogP contribution in [0.2, 0.25) is 0 Å². The van der Waals surface area contributed by atoms with E-state index in [0.29, 0.717) is 11.1 Å². The number of benzene rings is 3. The van der Waals surface area contributed by atoms with Crippen molar-refractivity contribution in [2.24, 2.45) is 0 Å². The van der Waals surface area contributed by atoms with Crippen LogP contribution in [0.3, 0.4) is 0 Å². The van der Waals surface area contributed by atoms with Crippen LogP contribution in [-0.4, -0.2) is 24.6 Å². The number of nitrogens with zero attached hydrogens (tertiary/aromatic N) is 4. The Bertz CT molecular complexity index is 1520. The fraction of sp³-hybridized carbons (Fsp3) is 0.125. The summed E-state index contributed by atoms with van der Waals surface area (Å²) in [5.74, 6) is -0.138. The molecule has 0 fully saturated rings. The number of halogens is 1. The van der Waals surface area contributed by atoms with Crippen LogP contribution in [0.25, 0.3) is 11.5 Å². The second kappa shape index (κ2) is 8.07. The van der Waals surface area contributed by atoms with E-state index in [-0.39, 0.29) is 34.6 Å². The van der Waals surface area contributed by atoms with E-state index in [1.165, 1.54) is 35.2 Å². The third-order valence-corrected chi connectivity index (χ3v) is 7.25. The molecule has 4 aromatic rings. The van der Waals surface area contributed by atoms with E-state index in [2.05, 4.69) is 10.2 Å². The first kappa shape index (κ1) is 21.8. The van der Waals surface area contributed by atoms with Crippen LogP contribution in [0.1, 0.15) is 17.0 Å². The number of hydrogen-bond donors (Lipinski definition) is 0. The van der Waals surface area contributed by atoms with E-state index in [1.807, 2.05) is 13.0 Å². The number of hydrogen-bond acceptors (Lipinski definition) is 6. The van der Waals surface area contributed by atoms with Crippen LogP contribution in [0, 0.1) is 19.7 Å². The van der Waals surface area contributed by atoms with Crippen LogP contribution in [0.5, 0.6) is 0 Å². The average Bonchev–Trinajstić information content (AvgIpc) is 3.28. The van der Waals surface area contributed by atoms with Gasteiger partial charge in [-0.15, -0.1) is 10.2 Å². The highest BCUT2D eigenvalue weighted by Crippen LogP contribution is 2.39. The molecule has 0 atom stereocenters. The molecule has 10 heteroatoms. The van der Waals surface area contributed by atoms with Gasteiger partial charge < -0.3 is 4.42 Å². The molecule has 1 aliphatic heterocycles. The number of para-hydroxylation sites is 1. The Labute approximate surface area is 195 Å². The number of aromatic nitrogens is 2. The molecule has 8 nitrogen and oxygen atoms in total. The van der Waals surface area contributed by atoms with Gasteiger partial charge in [-0.3, -0.25) is 4.90 Å². The smallest absolute Gasteiger partial charge is 0.343 e. The van der Waals surface area contributed by atoms with E-state index >= 15 is 0 Å². The number of sulfonamides is 1. The highest BCUT2D eigenvalue weighted by molar-refractivity contribution is 7.94. The van der Waals surface area contributed by atoms with Crippen LogP contribution in [0.15, 0.2) is 76.0 Å². The second-order valence-corrected chi connectivity index (χ2v) is 9.66. The van der Waals surface area contributed by atoms with Crippen LogP contribution in [0.4, 0.5) is 20.6 Å². The number of rotatable bonds is 4. The van der Waals surface area contributed by atoms with E-state index in [4.69, 9.17) is 4.42 Å². The van der Waals surface area contributed by atoms with Crippen molar-refractivity contribution < 1.29 is 22.0 Å². The fourth-order valence-electron chi connectivity index (χ4n) is 3.80.